The van der Waals surface area contributed by atoms with Crippen LogP contribution in [0.25, 0.3) is 16.8 Å². The fraction of sp³-hybridized carbons (Fsp3) is 0.250. The Balaban J connectivity index is 1.48. The van der Waals surface area contributed by atoms with Crippen LogP contribution in [-0.4, -0.2) is 14.6 Å². The molecule has 1 fully saturated rings. The van der Waals surface area contributed by atoms with E-state index in [1.807, 2.05) is 24.3 Å². The maximum Gasteiger partial charge on any atom is 0.180 e. The molecule has 4 aromatic rings. The van der Waals surface area contributed by atoms with Gasteiger partial charge in [-0.05, 0) is 36.1 Å². The first kappa shape index (κ1) is 18.5. The van der Waals surface area contributed by atoms with Gasteiger partial charge in [0.15, 0.2) is 5.65 Å². The summed E-state index contributed by atoms with van der Waals surface area (Å²) in [5.74, 6) is 1.41. The minimum atomic E-state index is 0.402. The summed E-state index contributed by atoms with van der Waals surface area (Å²) >= 11 is 0. The summed E-state index contributed by atoms with van der Waals surface area (Å²) in [5, 5.41) is 7.86. The van der Waals surface area contributed by atoms with E-state index in [-0.39, 0.29) is 0 Å². The molecule has 1 aliphatic rings. The van der Waals surface area contributed by atoms with Crippen molar-refractivity contribution in [3.8, 4) is 11.1 Å². The summed E-state index contributed by atoms with van der Waals surface area (Å²) in [5.41, 5.74) is 18.3. The van der Waals surface area contributed by atoms with Crippen molar-refractivity contribution >= 4 is 28.7 Å². The predicted molar refractivity (Wildman–Crippen MR) is 123 cm³/mol. The van der Waals surface area contributed by atoms with Gasteiger partial charge in [0, 0.05) is 17.7 Å². The Labute approximate surface area is 175 Å². The molecule has 0 amide bonds. The minimum absolute atomic E-state index is 0.402. The van der Waals surface area contributed by atoms with Crippen LogP contribution < -0.4 is 16.8 Å². The summed E-state index contributed by atoms with van der Waals surface area (Å²) in [6, 6.07) is 20.5. The third kappa shape index (κ3) is 3.45. The number of aromatic nitrogens is 3. The third-order valence-corrected chi connectivity index (χ3v) is 5.93. The second-order valence-electron chi connectivity index (χ2n) is 8.00. The van der Waals surface area contributed by atoms with Crippen LogP contribution in [0.15, 0.2) is 60.7 Å². The molecule has 6 nitrogen and oxygen atoms in total. The van der Waals surface area contributed by atoms with Crippen molar-refractivity contribution in [1.82, 2.24) is 14.6 Å². The molecule has 0 unspecified atom stereocenters. The van der Waals surface area contributed by atoms with Crippen molar-refractivity contribution in [2.45, 2.75) is 38.0 Å². The van der Waals surface area contributed by atoms with Gasteiger partial charge in [-0.3, -0.25) is 0 Å². The van der Waals surface area contributed by atoms with E-state index in [1.54, 1.807) is 4.52 Å². The van der Waals surface area contributed by atoms with Crippen LogP contribution in [0.3, 0.4) is 0 Å². The molecule has 30 heavy (non-hydrogen) atoms. The molecule has 152 valence electrons. The highest BCUT2D eigenvalue weighted by Gasteiger charge is 2.24. The van der Waals surface area contributed by atoms with Crippen LogP contribution >= 0.6 is 0 Å². The SMILES string of the molecule is Nc1cc(Nc2ccc(-c3ccccc3)cc2)c2nc(C3CCCCC3)c(N)n2n1. The van der Waals surface area contributed by atoms with Gasteiger partial charge in [-0.1, -0.05) is 61.7 Å². The lowest BCUT2D eigenvalue weighted by Crippen LogP contribution is -2.08. The number of fused-ring (bicyclic) bond motifs is 1. The van der Waals surface area contributed by atoms with E-state index in [4.69, 9.17) is 16.5 Å². The summed E-state index contributed by atoms with van der Waals surface area (Å²) in [4.78, 5) is 4.90. The first-order valence-electron chi connectivity index (χ1n) is 10.6. The molecule has 1 saturated carbocycles. The third-order valence-electron chi connectivity index (χ3n) is 5.93. The maximum atomic E-state index is 6.44. The van der Waals surface area contributed by atoms with Crippen molar-refractivity contribution in [3.63, 3.8) is 0 Å². The Kier molecular flexibility index (Phi) is 4.75. The molecule has 0 radical (unpaired) electrons. The molecule has 0 aliphatic heterocycles. The van der Waals surface area contributed by atoms with Crippen LogP contribution in [0.1, 0.15) is 43.7 Å². The number of nitrogens with one attached hydrogen (secondary N) is 1. The second-order valence-corrected chi connectivity index (χ2v) is 8.00. The molecule has 5 N–H and O–H groups in total. The fourth-order valence-corrected chi connectivity index (χ4v) is 4.37. The zero-order valence-electron chi connectivity index (χ0n) is 16.9. The number of anilines is 4. The first-order chi connectivity index (χ1) is 14.7. The molecular formula is C24H26N6. The van der Waals surface area contributed by atoms with E-state index in [2.05, 4.69) is 46.8 Å². The zero-order chi connectivity index (χ0) is 20.5. The lowest BCUT2D eigenvalue weighted by Gasteiger charge is -2.19. The molecule has 1 aliphatic carbocycles. The number of nitrogen functional groups attached to an aromatic ring is 2. The lowest BCUT2D eigenvalue weighted by molar-refractivity contribution is 0.439. The van der Waals surface area contributed by atoms with Crippen molar-refractivity contribution < 1.29 is 0 Å². The Bertz CT molecular complexity index is 1160. The molecule has 0 atom stereocenters. The van der Waals surface area contributed by atoms with Gasteiger partial charge in [0.1, 0.15) is 11.6 Å². The molecular weight excluding hydrogens is 372 g/mol. The van der Waals surface area contributed by atoms with Crippen LogP contribution in [0.5, 0.6) is 0 Å². The average molecular weight is 399 g/mol. The van der Waals surface area contributed by atoms with Gasteiger partial charge in [-0.15, -0.1) is 5.10 Å². The summed E-state index contributed by atoms with van der Waals surface area (Å²) < 4.78 is 1.68. The predicted octanol–water partition coefficient (Wildman–Crippen LogP) is 5.35. The van der Waals surface area contributed by atoms with Crippen LogP contribution in [0.2, 0.25) is 0 Å². The Morgan fingerprint density at radius 1 is 0.867 bits per heavy atom. The highest BCUT2D eigenvalue weighted by Crippen LogP contribution is 2.36. The van der Waals surface area contributed by atoms with Gasteiger partial charge < -0.3 is 16.8 Å². The Morgan fingerprint density at radius 3 is 2.30 bits per heavy atom. The topological polar surface area (TPSA) is 94.3 Å². The number of imidazole rings is 1. The van der Waals surface area contributed by atoms with Gasteiger partial charge in [-0.2, -0.15) is 4.52 Å². The largest absolute Gasteiger partial charge is 0.382 e. The highest BCUT2D eigenvalue weighted by atomic mass is 15.3. The minimum Gasteiger partial charge on any atom is -0.382 e. The molecule has 0 spiro atoms. The van der Waals surface area contributed by atoms with Gasteiger partial charge >= 0.3 is 0 Å². The van der Waals surface area contributed by atoms with Crippen LogP contribution in [0.4, 0.5) is 23.0 Å². The van der Waals surface area contributed by atoms with Crippen molar-refractivity contribution in [3.05, 3.63) is 66.4 Å². The summed E-state index contributed by atoms with van der Waals surface area (Å²) in [6.07, 6.45) is 6.01. The van der Waals surface area contributed by atoms with Crippen LogP contribution in [0, 0.1) is 0 Å². The van der Waals surface area contributed by atoms with E-state index in [1.165, 1.54) is 30.4 Å². The lowest BCUT2D eigenvalue weighted by atomic mass is 9.87. The number of hydrogen-bond acceptors (Lipinski definition) is 5. The average Bonchev–Trinajstić information content (AvgIpc) is 3.12. The fourth-order valence-electron chi connectivity index (χ4n) is 4.37. The number of nitrogens with zero attached hydrogens (tertiary/aromatic N) is 3. The second kappa shape index (κ2) is 7.71. The first-order valence-corrected chi connectivity index (χ1v) is 10.6. The van der Waals surface area contributed by atoms with Crippen molar-refractivity contribution in [1.29, 1.82) is 0 Å². The van der Waals surface area contributed by atoms with E-state index in [0.29, 0.717) is 17.6 Å². The molecule has 5 rings (SSSR count). The zero-order valence-corrected chi connectivity index (χ0v) is 16.9. The van der Waals surface area contributed by atoms with Crippen LogP contribution in [-0.2, 0) is 0 Å². The van der Waals surface area contributed by atoms with Gasteiger partial charge in [0.25, 0.3) is 0 Å². The summed E-state index contributed by atoms with van der Waals surface area (Å²) in [6.45, 7) is 0. The van der Waals surface area contributed by atoms with Crippen molar-refractivity contribution in [2.24, 2.45) is 0 Å². The number of hydrogen-bond donors (Lipinski definition) is 3. The molecule has 6 heteroatoms. The quantitative estimate of drug-likeness (QED) is 0.431. The highest BCUT2D eigenvalue weighted by molar-refractivity contribution is 5.78. The molecule has 0 bridgehead atoms. The molecule has 2 aromatic heterocycles. The molecule has 2 aromatic carbocycles. The van der Waals surface area contributed by atoms with E-state index in [9.17, 15) is 0 Å². The van der Waals surface area contributed by atoms with Gasteiger partial charge in [0.05, 0.1) is 11.4 Å². The number of rotatable bonds is 4. The van der Waals surface area contributed by atoms with E-state index in [0.717, 1.165) is 35.6 Å². The normalized spacial score (nSPS) is 14.8. The Hall–Kier alpha value is -3.54. The van der Waals surface area contributed by atoms with Gasteiger partial charge in [0.2, 0.25) is 0 Å². The van der Waals surface area contributed by atoms with Crippen molar-refractivity contribution in [2.75, 3.05) is 16.8 Å². The smallest absolute Gasteiger partial charge is 0.180 e. The van der Waals surface area contributed by atoms with Gasteiger partial charge in [-0.25, -0.2) is 4.98 Å². The molecule has 0 saturated heterocycles. The standard InChI is InChI=1S/C24H26N6/c25-21-15-20(27-19-13-11-17(12-14-19)16-7-3-1-4-8-16)24-28-22(23(26)30(24)29-21)18-9-5-2-6-10-18/h1,3-4,7-8,11-15,18,27H,2,5-6,9-10,26H2,(H2,25,29). The number of nitrogens with two attached hydrogens (primary N) is 2. The summed E-state index contributed by atoms with van der Waals surface area (Å²) in [7, 11) is 0. The molecule has 2 heterocycles. The Morgan fingerprint density at radius 2 is 1.57 bits per heavy atom. The van der Waals surface area contributed by atoms with E-state index >= 15 is 0 Å². The van der Waals surface area contributed by atoms with E-state index < -0.39 is 0 Å². The monoisotopic (exact) mass is 398 g/mol. The maximum absolute atomic E-state index is 6.44. The number of benzene rings is 2.